The Bertz CT molecular complexity index is 552. The van der Waals surface area contributed by atoms with Gasteiger partial charge >= 0.3 is 5.97 Å². The molecule has 2 aromatic rings. The van der Waals surface area contributed by atoms with Crippen LogP contribution in [0.5, 0.6) is 0 Å². The lowest BCUT2D eigenvalue weighted by atomic mass is 9.99. The van der Waals surface area contributed by atoms with E-state index >= 15 is 0 Å². The first-order chi connectivity index (χ1) is 7.50. The molecule has 0 unspecified atom stereocenters. The zero-order valence-electron chi connectivity index (χ0n) is 9.66. The molecular formula is C13H15NO2. The first-order valence-electron chi connectivity index (χ1n) is 5.35. The van der Waals surface area contributed by atoms with Crippen molar-refractivity contribution in [3.8, 4) is 0 Å². The Morgan fingerprint density at radius 3 is 2.62 bits per heavy atom. The molecule has 2 N–H and O–H groups in total. The number of benzene rings is 1. The van der Waals surface area contributed by atoms with Gasteiger partial charge in [0.2, 0.25) is 0 Å². The molecule has 3 heteroatoms. The summed E-state index contributed by atoms with van der Waals surface area (Å²) in [6.45, 7) is 6.02. The molecule has 0 saturated heterocycles. The normalized spacial score (nSPS) is 11.2. The highest BCUT2D eigenvalue weighted by Gasteiger charge is 2.13. The van der Waals surface area contributed by atoms with Crippen LogP contribution >= 0.6 is 0 Å². The third-order valence-electron chi connectivity index (χ3n) is 2.91. The van der Waals surface area contributed by atoms with Crippen LogP contribution in [-0.4, -0.2) is 16.1 Å². The number of fused-ring (bicyclic) bond motifs is 1. The zero-order valence-corrected chi connectivity index (χ0v) is 9.66. The van der Waals surface area contributed by atoms with Crippen molar-refractivity contribution in [2.75, 3.05) is 0 Å². The lowest BCUT2D eigenvalue weighted by Crippen LogP contribution is -1.99. The van der Waals surface area contributed by atoms with E-state index in [1.54, 1.807) is 6.07 Å². The second kappa shape index (κ2) is 3.67. The van der Waals surface area contributed by atoms with Crippen LogP contribution in [0, 0.1) is 6.92 Å². The maximum absolute atomic E-state index is 11.1. The Hall–Kier alpha value is -1.77. The highest BCUT2D eigenvalue weighted by Crippen LogP contribution is 2.27. The Balaban J connectivity index is 2.74. The van der Waals surface area contributed by atoms with Gasteiger partial charge in [-0.05, 0) is 36.1 Å². The number of hydrogen-bond donors (Lipinski definition) is 2. The SMILES string of the molecule is Cc1cc2[nH]cc(C(C)C)c2cc1C(=O)O. The van der Waals surface area contributed by atoms with E-state index in [0.29, 0.717) is 11.5 Å². The number of aromatic nitrogens is 1. The van der Waals surface area contributed by atoms with Gasteiger partial charge in [0.25, 0.3) is 0 Å². The molecular weight excluding hydrogens is 202 g/mol. The fraction of sp³-hybridized carbons (Fsp3) is 0.308. The van der Waals surface area contributed by atoms with Crippen LogP contribution in [0.3, 0.4) is 0 Å². The first kappa shape index (κ1) is 10.7. The number of carboxylic acid groups (broad SMARTS) is 1. The third-order valence-corrected chi connectivity index (χ3v) is 2.91. The fourth-order valence-electron chi connectivity index (χ4n) is 2.01. The Labute approximate surface area is 94.1 Å². The molecule has 84 valence electrons. The number of carbonyl (C=O) groups is 1. The number of rotatable bonds is 2. The van der Waals surface area contributed by atoms with Gasteiger partial charge in [-0.1, -0.05) is 13.8 Å². The number of nitrogens with one attached hydrogen (secondary N) is 1. The minimum absolute atomic E-state index is 0.383. The highest BCUT2D eigenvalue weighted by atomic mass is 16.4. The smallest absolute Gasteiger partial charge is 0.335 e. The van der Waals surface area contributed by atoms with Crippen molar-refractivity contribution < 1.29 is 9.90 Å². The van der Waals surface area contributed by atoms with Crippen LogP contribution in [-0.2, 0) is 0 Å². The monoisotopic (exact) mass is 217 g/mol. The van der Waals surface area contributed by atoms with Gasteiger partial charge in [0.15, 0.2) is 0 Å². The minimum atomic E-state index is -0.865. The quantitative estimate of drug-likeness (QED) is 0.810. The molecule has 0 aliphatic heterocycles. The summed E-state index contributed by atoms with van der Waals surface area (Å²) in [7, 11) is 0. The maximum Gasteiger partial charge on any atom is 0.335 e. The van der Waals surface area contributed by atoms with E-state index in [9.17, 15) is 4.79 Å². The van der Waals surface area contributed by atoms with E-state index in [-0.39, 0.29) is 0 Å². The van der Waals surface area contributed by atoms with E-state index < -0.39 is 5.97 Å². The summed E-state index contributed by atoms with van der Waals surface area (Å²) in [4.78, 5) is 14.2. The van der Waals surface area contributed by atoms with Crippen molar-refractivity contribution in [1.29, 1.82) is 0 Å². The van der Waals surface area contributed by atoms with Crippen LogP contribution < -0.4 is 0 Å². The largest absolute Gasteiger partial charge is 0.478 e. The summed E-state index contributed by atoms with van der Waals surface area (Å²) in [6.07, 6.45) is 1.96. The van der Waals surface area contributed by atoms with Gasteiger partial charge in [0.05, 0.1) is 5.56 Å². The van der Waals surface area contributed by atoms with Gasteiger partial charge in [0, 0.05) is 17.1 Å². The molecule has 1 aromatic heterocycles. The van der Waals surface area contributed by atoms with Crippen molar-refractivity contribution in [2.45, 2.75) is 26.7 Å². The summed E-state index contributed by atoms with van der Waals surface area (Å²) in [5.41, 5.74) is 3.34. The van der Waals surface area contributed by atoms with Gasteiger partial charge in [-0.25, -0.2) is 4.79 Å². The predicted octanol–water partition coefficient (Wildman–Crippen LogP) is 3.30. The molecule has 2 rings (SSSR count). The predicted molar refractivity (Wildman–Crippen MR) is 64.1 cm³/mol. The molecule has 1 aromatic carbocycles. The second-order valence-corrected chi connectivity index (χ2v) is 4.42. The van der Waals surface area contributed by atoms with E-state index in [1.807, 2.05) is 19.2 Å². The summed E-state index contributed by atoms with van der Waals surface area (Å²) in [5.74, 6) is -0.478. The lowest BCUT2D eigenvalue weighted by Gasteiger charge is -2.05. The molecule has 0 radical (unpaired) electrons. The molecule has 0 aliphatic rings. The molecule has 0 spiro atoms. The first-order valence-corrected chi connectivity index (χ1v) is 5.35. The van der Waals surface area contributed by atoms with Gasteiger partial charge in [-0.2, -0.15) is 0 Å². The standard InChI is InChI=1S/C13H15NO2/c1-7(2)11-6-14-12-4-8(3)9(13(15)16)5-10(11)12/h4-7,14H,1-3H3,(H,15,16). The van der Waals surface area contributed by atoms with Crippen LogP contribution in [0.1, 0.15) is 41.3 Å². The van der Waals surface area contributed by atoms with Crippen LogP contribution in [0.2, 0.25) is 0 Å². The number of hydrogen-bond acceptors (Lipinski definition) is 1. The summed E-state index contributed by atoms with van der Waals surface area (Å²) >= 11 is 0. The van der Waals surface area contributed by atoms with Crippen molar-refractivity contribution in [3.63, 3.8) is 0 Å². The van der Waals surface area contributed by atoms with E-state index in [2.05, 4.69) is 18.8 Å². The molecule has 16 heavy (non-hydrogen) atoms. The van der Waals surface area contributed by atoms with Gasteiger partial charge in [-0.15, -0.1) is 0 Å². The molecule has 0 fully saturated rings. The minimum Gasteiger partial charge on any atom is -0.478 e. The Morgan fingerprint density at radius 1 is 1.38 bits per heavy atom. The summed E-state index contributed by atoms with van der Waals surface area (Å²) in [6, 6.07) is 3.66. The number of aryl methyl sites for hydroxylation is 1. The third kappa shape index (κ3) is 1.58. The number of aromatic carboxylic acids is 1. The summed E-state index contributed by atoms with van der Waals surface area (Å²) in [5, 5.41) is 10.1. The van der Waals surface area contributed by atoms with Gasteiger partial charge < -0.3 is 10.1 Å². The average molecular weight is 217 g/mol. The highest BCUT2D eigenvalue weighted by molar-refractivity contribution is 5.96. The maximum atomic E-state index is 11.1. The van der Waals surface area contributed by atoms with Crippen molar-refractivity contribution in [2.24, 2.45) is 0 Å². The molecule has 0 amide bonds. The van der Waals surface area contributed by atoms with Crippen molar-refractivity contribution in [1.82, 2.24) is 4.98 Å². The second-order valence-electron chi connectivity index (χ2n) is 4.42. The molecule has 0 saturated carbocycles. The molecule has 0 atom stereocenters. The van der Waals surface area contributed by atoms with Crippen molar-refractivity contribution in [3.05, 3.63) is 35.0 Å². The number of carboxylic acids is 1. The molecule has 3 nitrogen and oxygen atoms in total. The molecule has 0 aliphatic carbocycles. The molecule has 0 bridgehead atoms. The number of H-pyrrole nitrogens is 1. The van der Waals surface area contributed by atoms with E-state index in [4.69, 9.17) is 5.11 Å². The topological polar surface area (TPSA) is 53.1 Å². The zero-order chi connectivity index (χ0) is 11.9. The van der Waals surface area contributed by atoms with E-state index in [1.165, 1.54) is 0 Å². The van der Waals surface area contributed by atoms with Gasteiger partial charge in [0.1, 0.15) is 0 Å². The van der Waals surface area contributed by atoms with Crippen molar-refractivity contribution >= 4 is 16.9 Å². The lowest BCUT2D eigenvalue weighted by molar-refractivity contribution is 0.0696. The van der Waals surface area contributed by atoms with Crippen LogP contribution in [0.25, 0.3) is 10.9 Å². The van der Waals surface area contributed by atoms with Crippen LogP contribution in [0.4, 0.5) is 0 Å². The average Bonchev–Trinajstić information content (AvgIpc) is 2.58. The molecule has 1 heterocycles. The van der Waals surface area contributed by atoms with E-state index in [0.717, 1.165) is 22.0 Å². The summed E-state index contributed by atoms with van der Waals surface area (Å²) < 4.78 is 0. The van der Waals surface area contributed by atoms with Crippen LogP contribution in [0.15, 0.2) is 18.3 Å². The fourth-order valence-corrected chi connectivity index (χ4v) is 2.01. The Morgan fingerprint density at radius 2 is 2.06 bits per heavy atom. The Kier molecular flexibility index (Phi) is 2.46. The van der Waals surface area contributed by atoms with Gasteiger partial charge in [-0.3, -0.25) is 0 Å². The number of aromatic amines is 1.